The molecule has 0 bridgehead atoms. The molecule has 0 saturated carbocycles. The summed E-state index contributed by atoms with van der Waals surface area (Å²) >= 11 is 0. The van der Waals surface area contributed by atoms with E-state index in [0.717, 1.165) is 6.42 Å². The summed E-state index contributed by atoms with van der Waals surface area (Å²) in [6, 6.07) is 8.27. The highest BCUT2D eigenvalue weighted by Gasteiger charge is 2.28. The van der Waals surface area contributed by atoms with Gasteiger partial charge in [-0.05, 0) is 49.1 Å². The molecule has 0 aromatic heterocycles. The maximum absolute atomic E-state index is 9.60. The smallest absolute Gasteiger partial charge is 0.116 e. The lowest BCUT2D eigenvalue weighted by Gasteiger charge is -2.40. The molecule has 2 nitrogen and oxygen atoms in total. The number of phenols is 1. The zero-order valence-electron chi connectivity index (χ0n) is 10.1. The van der Waals surface area contributed by atoms with Crippen LogP contribution in [0, 0.1) is 0 Å². The van der Waals surface area contributed by atoms with Crippen molar-refractivity contribution in [3.05, 3.63) is 35.9 Å². The lowest BCUT2D eigenvalue weighted by Crippen LogP contribution is -2.42. The zero-order chi connectivity index (χ0) is 11.7. The highest BCUT2D eigenvalue weighted by molar-refractivity contribution is 5.71. The molecule has 3 rings (SSSR count). The first-order valence-corrected chi connectivity index (χ1v) is 6.58. The molecule has 1 aromatic carbocycles. The molecule has 0 amide bonds. The highest BCUT2D eigenvalue weighted by Crippen LogP contribution is 2.33. The van der Waals surface area contributed by atoms with Gasteiger partial charge < -0.3 is 5.11 Å². The van der Waals surface area contributed by atoms with Gasteiger partial charge in [-0.15, -0.1) is 0 Å². The van der Waals surface area contributed by atoms with Gasteiger partial charge in [0.15, 0.2) is 0 Å². The van der Waals surface area contributed by atoms with Crippen molar-refractivity contribution < 1.29 is 5.11 Å². The molecule has 0 unspecified atom stereocenters. The Bertz CT molecular complexity index is 438. The summed E-state index contributed by atoms with van der Waals surface area (Å²) in [5.41, 5.74) is 2.62. The fourth-order valence-electron chi connectivity index (χ4n) is 3.13. The molecular formula is C15H19NO. The average molecular weight is 229 g/mol. The number of benzene rings is 1. The summed E-state index contributed by atoms with van der Waals surface area (Å²) in [6.07, 6.45) is 7.44. The van der Waals surface area contributed by atoms with Crippen LogP contribution in [0.25, 0.3) is 5.57 Å². The molecule has 0 spiro atoms. The van der Waals surface area contributed by atoms with E-state index in [0.29, 0.717) is 11.8 Å². The Kier molecular flexibility index (Phi) is 2.89. The molecule has 1 fully saturated rings. The highest BCUT2D eigenvalue weighted by atomic mass is 16.3. The molecule has 1 aromatic rings. The van der Waals surface area contributed by atoms with Crippen molar-refractivity contribution >= 4 is 5.57 Å². The third-order valence-corrected chi connectivity index (χ3v) is 3.93. The summed E-state index contributed by atoms with van der Waals surface area (Å²) in [5.74, 6) is 0.372. The average Bonchev–Trinajstić information content (AvgIpc) is 2.38. The molecule has 1 N–H and O–H groups in total. The Balaban J connectivity index is 1.93. The number of aromatic hydroxyl groups is 1. The summed E-state index contributed by atoms with van der Waals surface area (Å²) < 4.78 is 0. The van der Waals surface area contributed by atoms with Crippen LogP contribution in [0.15, 0.2) is 30.3 Å². The molecule has 90 valence electrons. The van der Waals surface area contributed by atoms with Gasteiger partial charge in [-0.2, -0.15) is 0 Å². The molecule has 0 radical (unpaired) electrons. The predicted octanol–water partition coefficient (Wildman–Crippen LogP) is 3.03. The number of hydrogen-bond donors (Lipinski definition) is 1. The standard InChI is InChI=1S/C15H19NO/c17-13-6-3-5-12(11-13)14-7-4-10-16-9-2-1-8-15(14)16/h3,5-7,11,15,17H,1-2,4,8-10H2/t15-/m0/s1. The third-order valence-electron chi connectivity index (χ3n) is 3.93. The van der Waals surface area contributed by atoms with Gasteiger partial charge in [0.25, 0.3) is 0 Å². The monoisotopic (exact) mass is 229 g/mol. The van der Waals surface area contributed by atoms with E-state index in [1.165, 1.54) is 43.5 Å². The maximum atomic E-state index is 9.60. The van der Waals surface area contributed by atoms with Gasteiger partial charge >= 0.3 is 0 Å². The molecule has 2 aliphatic heterocycles. The van der Waals surface area contributed by atoms with Gasteiger partial charge in [-0.25, -0.2) is 0 Å². The zero-order valence-corrected chi connectivity index (χ0v) is 10.1. The van der Waals surface area contributed by atoms with Gasteiger partial charge in [0.1, 0.15) is 5.75 Å². The van der Waals surface area contributed by atoms with Crippen molar-refractivity contribution in [1.82, 2.24) is 4.90 Å². The van der Waals surface area contributed by atoms with Crippen LogP contribution in [-0.2, 0) is 0 Å². The van der Waals surface area contributed by atoms with E-state index in [-0.39, 0.29) is 0 Å². The number of phenolic OH excluding ortho intramolecular Hbond substituents is 1. The van der Waals surface area contributed by atoms with E-state index < -0.39 is 0 Å². The molecule has 1 atom stereocenters. The van der Waals surface area contributed by atoms with Crippen LogP contribution in [0.3, 0.4) is 0 Å². The Morgan fingerprint density at radius 3 is 3.00 bits per heavy atom. The van der Waals surface area contributed by atoms with Gasteiger partial charge in [0.05, 0.1) is 0 Å². The van der Waals surface area contributed by atoms with Crippen molar-refractivity contribution in [2.45, 2.75) is 31.7 Å². The van der Waals surface area contributed by atoms with E-state index in [1.807, 2.05) is 12.1 Å². The Morgan fingerprint density at radius 1 is 1.18 bits per heavy atom. The van der Waals surface area contributed by atoms with Crippen molar-refractivity contribution in [2.24, 2.45) is 0 Å². The molecule has 0 aliphatic carbocycles. The SMILES string of the molecule is Oc1cccc(C2=CCCN3CCCC[C@@H]23)c1. The van der Waals surface area contributed by atoms with Gasteiger partial charge in [-0.1, -0.05) is 24.6 Å². The van der Waals surface area contributed by atoms with E-state index in [1.54, 1.807) is 6.07 Å². The maximum Gasteiger partial charge on any atom is 0.116 e. The molecule has 2 heterocycles. The van der Waals surface area contributed by atoms with Gasteiger partial charge in [0, 0.05) is 12.6 Å². The Labute approximate surface area is 103 Å². The van der Waals surface area contributed by atoms with Crippen molar-refractivity contribution in [2.75, 3.05) is 13.1 Å². The molecule has 2 aliphatic rings. The second-order valence-corrected chi connectivity index (χ2v) is 5.05. The van der Waals surface area contributed by atoms with Crippen LogP contribution >= 0.6 is 0 Å². The predicted molar refractivity (Wildman–Crippen MR) is 69.9 cm³/mol. The quantitative estimate of drug-likeness (QED) is 0.800. The lowest BCUT2D eigenvalue weighted by molar-refractivity contribution is 0.182. The number of fused-ring (bicyclic) bond motifs is 1. The van der Waals surface area contributed by atoms with E-state index in [4.69, 9.17) is 0 Å². The molecule has 2 heteroatoms. The number of piperidine rings is 1. The summed E-state index contributed by atoms with van der Waals surface area (Å²) in [7, 11) is 0. The van der Waals surface area contributed by atoms with Crippen LogP contribution in [0.2, 0.25) is 0 Å². The van der Waals surface area contributed by atoms with E-state index in [2.05, 4.69) is 17.0 Å². The number of rotatable bonds is 1. The molecular weight excluding hydrogens is 210 g/mol. The summed E-state index contributed by atoms with van der Waals surface area (Å²) in [6.45, 7) is 2.44. The van der Waals surface area contributed by atoms with E-state index in [9.17, 15) is 5.11 Å². The van der Waals surface area contributed by atoms with Crippen molar-refractivity contribution in [1.29, 1.82) is 0 Å². The molecule has 17 heavy (non-hydrogen) atoms. The fraction of sp³-hybridized carbons (Fsp3) is 0.467. The van der Waals surface area contributed by atoms with Crippen LogP contribution in [-0.4, -0.2) is 29.1 Å². The van der Waals surface area contributed by atoms with Crippen molar-refractivity contribution in [3.63, 3.8) is 0 Å². The topological polar surface area (TPSA) is 23.5 Å². The minimum Gasteiger partial charge on any atom is -0.508 e. The van der Waals surface area contributed by atoms with Crippen LogP contribution in [0.5, 0.6) is 5.75 Å². The Hall–Kier alpha value is -1.28. The second-order valence-electron chi connectivity index (χ2n) is 5.05. The minimum absolute atomic E-state index is 0.372. The van der Waals surface area contributed by atoms with E-state index >= 15 is 0 Å². The Morgan fingerprint density at radius 2 is 2.12 bits per heavy atom. The largest absolute Gasteiger partial charge is 0.508 e. The first-order chi connectivity index (χ1) is 8.34. The lowest BCUT2D eigenvalue weighted by atomic mass is 9.87. The van der Waals surface area contributed by atoms with Gasteiger partial charge in [0.2, 0.25) is 0 Å². The first kappa shape index (κ1) is 10.8. The third kappa shape index (κ3) is 2.09. The minimum atomic E-state index is 0.372. The normalized spacial score (nSPS) is 25.2. The number of nitrogens with zero attached hydrogens (tertiary/aromatic N) is 1. The van der Waals surface area contributed by atoms with Crippen LogP contribution in [0.4, 0.5) is 0 Å². The second kappa shape index (κ2) is 4.53. The van der Waals surface area contributed by atoms with Gasteiger partial charge in [-0.3, -0.25) is 4.90 Å². The van der Waals surface area contributed by atoms with Crippen molar-refractivity contribution in [3.8, 4) is 5.75 Å². The molecule has 1 saturated heterocycles. The van der Waals surface area contributed by atoms with Crippen LogP contribution < -0.4 is 0 Å². The first-order valence-electron chi connectivity index (χ1n) is 6.58. The summed E-state index contributed by atoms with van der Waals surface area (Å²) in [4.78, 5) is 2.60. The van der Waals surface area contributed by atoms with Crippen LogP contribution in [0.1, 0.15) is 31.2 Å². The number of hydrogen-bond acceptors (Lipinski definition) is 2. The fourth-order valence-corrected chi connectivity index (χ4v) is 3.13. The summed E-state index contributed by atoms with van der Waals surface area (Å²) in [5, 5.41) is 9.60.